The molecule has 0 aliphatic rings. The molecule has 1 amide bonds. The van der Waals surface area contributed by atoms with E-state index < -0.39 is 11.2 Å². The van der Waals surface area contributed by atoms with Crippen molar-refractivity contribution in [1.29, 1.82) is 0 Å². The Hall–Kier alpha value is -2.38. The van der Waals surface area contributed by atoms with Gasteiger partial charge >= 0.3 is 5.69 Å². The molecule has 0 aliphatic carbocycles. The van der Waals surface area contributed by atoms with Gasteiger partial charge in [-0.05, 0) is 0 Å². The van der Waals surface area contributed by atoms with Gasteiger partial charge in [-0.2, -0.15) is 0 Å². The number of carbonyl (C=O) groups is 1. The number of H-pyrrole nitrogens is 1. The van der Waals surface area contributed by atoms with Gasteiger partial charge in [-0.25, -0.2) is 9.78 Å². The van der Waals surface area contributed by atoms with Gasteiger partial charge in [-0.15, -0.1) is 0 Å². The average molecular weight is 265 g/mol. The van der Waals surface area contributed by atoms with Crippen LogP contribution in [0.25, 0.3) is 11.2 Å². The summed E-state index contributed by atoms with van der Waals surface area (Å²) in [7, 11) is 4.87. The third kappa shape index (κ3) is 2.28. The lowest BCUT2D eigenvalue weighted by atomic mass is 10.3. The topological polar surface area (TPSA) is 93.0 Å². The molecule has 0 spiro atoms. The molecule has 0 bridgehead atoms. The van der Waals surface area contributed by atoms with Gasteiger partial charge in [-0.1, -0.05) is 0 Å². The van der Waals surface area contributed by atoms with E-state index in [0.29, 0.717) is 17.7 Å². The highest BCUT2D eigenvalue weighted by molar-refractivity contribution is 5.76. The van der Waals surface area contributed by atoms with Gasteiger partial charge in [0, 0.05) is 34.1 Å². The molecule has 8 nitrogen and oxygen atoms in total. The predicted molar refractivity (Wildman–Crippen MR) is 68.9 cm³/mol. The summed E-state index contributed by atoms with van der Waals surface area (Å²) in [6.45, 7) is 0.342. The second kappa shape index (κ2) is 4.71. The second-order valence-corrected chi connectivity index (χ2v) is 4.47. The SMILES string of the molecule is CN(C)C(=O)CCn1cnc2c1c(=O)[nH]c(=O)n2C. The Morgan fingerprint density at radius 2 is 2.11 bits per heavy atom. The molecule has 0 aromatic carbocycles. The summed E-state index contributed by atoms with van der Waals surface area (Å²) in [4.78, 5) is 42.5. The van der Waals surface area contributed by atoms with Crippen molar-refractivity contribution in [2.24, 2.45) is 7.05 Å². The lowest BCUT2D eigenvalue weighted by molar-refractivity contribution is -0.128. The van der Waals surface area contributed by atoms with Gasteiger partial charge in [0.05, 0.1) is 6.33 Å². The third-order valence-electron chi connectivity index (χ3n) is 2.94. The van der Waals surface area contributed by atoms with Crippen LogP contribution in [-0.4, -0.2) is 44.0 Å². The Morgan fingerprint density at radius 3 is 2.74 bits per heavy atom. The molecule has 102 valence electrons. The van der Waals surface area contributed by atoms with Crippen LogP contribution >= 0.6 is 0 Å². The maximum absolute atomic E-state index is 11.8. The number of fused-ring (bicyclic) bond motifs is 1. The van der Waals surface area contributed by atoms with Gasteiger partial charge in [0.15, 0.2) is 11.2 Å². The molecule has 2 aromatic heterocycles. The van der Waals surface area contributed by atoms with Crippen molar-refractivity contribution in [3.63, 3.8) is 0 Å². The number of hydrogen-bond acceptors (Lipinski definition) is 4. The van der Waals surface area contributed by atoms with Crippen molar-refractivity contribution in [2.75, 3.05) is 14.1 Å². The summed E-state index contributed by atoms with van der Waals surface area (Å²) in [6.07, 6.45) is 1.73. The first-order chi connectivity index (χ1) is 8.91. The lowest BCUT2D eigenvalue weighted by Gasteiger charge is -2.10. The van der Waals surface area contributed by atoms with Gasteiger partial charge in [0.2, 0.25) is 5.91 Å². The van der Waals surface area contributed by atoms with Crippen molar-refractivity contribution in [1.82, 2.24) is 24.0 Å². The van der Waals surface area contributed by atoms with Crippen molar-refractivity contribution in [3.8, 4) is 0 Å². The number of amides is 1. The molecule has 0 unspecified atom stereocenters. The van der Waals surface area contributed by atoms with Crippen LogP contribution in [0, 0.1) is 0 Å². The Bertz CT molecular complexity index is 737. The van der Waals surface area contributed by atoms with E-state index in [1.807, 2.05) is 0 Å². The summed E-state index contributed by atoms with van der Waals surface area (Å²) in [5, 5.41) is 0. The molecule has 0 aliphatic heterocycles. The van der Waals surface area contributed by atoms with Crippen molar-refractivity contribution in [2.45, 2.75) is 13.0 Å². The van der Waals surface area contributed by atoms with E-state index in [-0.39, 0.29) is 12.3 Å². The smallest absolute Gasteiger partial charge is 0.329 e. The third-order valence-corrected chi connectivity index (χ3v) is 2.94. The number of carbonyl (C=O) groups excluding carboxylic acids is 1. The fourth-order valence-corrected chi connectivity index (χ4v) is 1.79. The zero-order valence-electron chi connectivity index (χ0n) is 11.0. The first-order valence-corrected chi connectivity index (χ1v) is 5.76. The van der Waals surface area contributed by atoms with E-state index in [4.69, 9.17) is 0 Å². The summed E-state index contributed by atoms with van der Waals surface area (Å²) >= 11 is 0. The molecule has 2 aromatic rings. The zero-order valence-corrected chi connectivity index (χ0v) is 11.0. The summed E-state index contributed by atoms with van der Waals surface area (Å²) in [6, 6.07) is 0. The quantitative estimate of drug-likeness (QED) is 0.762. The van der Waals surface area contributed by atoms with Crippen molar-refractivity contribution < 1.29 is 4.79 Å². The Balaban J connectivity index is 2.41. The summed E-state index contributed by atoms with van der Waals surface area (Å²) in [5.41, 5.74) is -0.389. The first kappa shape index (κ1) is 13.1. The van der Waals surface area contributed by atoms with Crippen LogP contribution < -0.4 is 11.2 Å². The summed E-state index contributed by atoms with van der Waals surface area (Å²) < 4.78 is 2.84. The van der Waals surface area contributed by atoms with Gasteiger partial charge in [-0.3, -0.25) is 19.1 Å². The van der Waals surface area contributed by atoms with Crippen LogP contribution in [0.1, 0.15) is 6.42 Å². The van der Waals surface area contributed by atoms with Crippen molar-refractivity contribution >= 4 is 17.1 Å². The molecule has 0 fully saturated rings. The highest BCUT2D eigenvalue weighted by atomic mass is 16.2. The van der Waals surface area contributed by atoms with E-state index in [2.05, 4.69) is 9.97 Å². The van der Waals surface area contributed by atoms with E-state index in [1.54, 1.807) is 18.7 Å². The van der Waals surface area contributed by atoms with Crippen molar-refractivity contribution in [3.05, 3.63) is 27.2 Å². The van der Waals surface area contributed by atoms with Crippen LogP contribution in [0.15, 0.2) is 15.9 Å². The van der Waals surface area contributed by atoms with Crippen LogP contribution in [0.5, 0.6) is 0 Å². The fraction of sp³-hybridized carbons (Fsp3) is 0.455. The Kier molecular flexibility index (Phi) is 3.24. The molecule has 0 saturated carbocycles. The standard InChI is InChI=1S/C11H15N5O3/c1-14(2)7(17)4-5-16-6-12-9-8(16)10(18)13-11(19)15(9)3/h6H,4-5H2,1-3H3,(H,13,18,19). The molecule has 2 heterocycles. The highest BCUT2D eigenvalue weighted by Gasteiger charge is 2.12. The number of rotatable bonds is 3. The van der Waals surface area contributed by atoms with Gasteiger partial charge in [0.25, 0.3) is 5.56 Å². The second-order valence-electron chi connectivity index (χ2n) is 4.47. The number of nitrogens with one attached hydrogen (secondary N) is 1. The van der Waals surface area contributed by atoms with Crippen LogP contribution in [0.3, 0.4) is 0 Å². The molecule has 2 rings (SSSR count). The molecule has 0 saturated heterocycles. The first-order valence-electron chi connectivity index (χ1n) is 5.76. The molecular formula is C11H15N5O3. The molecule has 0 radical (unpaired) electrons. The highest BCUT2D eigenvalue weighted by Crippen LogP contribution is 2.06. The van der Waals surface area contributed by atoms with Crippen LogP contribution in [0.2, 0.25) is 0 Å². The number of nitrogens with zero attached hydrogens (tertiary/aromatic N) is 4. The lowest BCUT2D eigenvalue weighted by Crippen LogP contribution is -2.29. The van der Waals surface area contributed by atoms with E-state index in [0.717, 1.165) is 0 Å². The largest absolute Gasteiger partial charge is 0.349 e. The maximum Gasteiger partial charge on any atom is 0.329 e. The Morgan fingerprint density at radius 1 is 1.42 bits per heavy atom. The predicted octanol–water partition coefficient (Wildman–Crippen LogP) is -1.10. The monoisotopic (exact) mass is 265 g/mol. The van der Waals surface area contributed by atoms with Gasteiger partial charge in [0.1, 0.15) is 0 Å². The summed E-state index contributed by atoms with van der Waals surface area (Å²) in [5.74, 6) is -0.0388. The molecule has 19 heavy (non-hydrogen) atoms. The number of imidazole rings is 1. The van der Waals surface area contributed by atoms with Crippen LogP contribution in [0.4, 0.5) is 0 Å². The van der Waals surface area contributed by atoms with Crippen LogP contribution in [-0.2, 0) is 18.4 Å². The minimum absolute atomic E-state index is 0.0388. The number of aromatic nitrogens is 4. The van der Waals surface area contributed by atoms with E-state index in [1.165, 1.54) is 22.8 Å². The molecule has 8 heteroatoms. The Labute approximate surface area is 108 Å². The van der Waals surface area contributed by atoms with Gasteiger partial charge < -0.3 is 9.47 Å². The molecule has 0 atom stereocenters. The number of aryl methyl sites for hydroxylation is 2. The number of aromatic amines is 1. The van der Waals surface area contributed by atoms with E-state index in [9.17, 15) is 14.4 Å². The maximum atomic E-state index is 11.8. The zero-order chi connectivity index (χ0) is 14.2. The minimum Gasteiger partial charge on any atom is -0.349 e. The fourth-order valence-electron chi connectivity index (χ4n) is 1.79. The minimum atomic E-state index is -0.507. The normalized spacial score (nSPS) is 10.9. The molecule has 1 N–H and O–H groups in total. The number of hydrogen-bond donors (Lipinski definition) is 1. The molecular weight excluding hydrogens is 250 g/mol. The average Bonchev–Trinajstić information content (AvgIpc) is 2.77. The van der Waals surface area contributed by atoms with E-state index >= 15 is 0 Å².